The van der Waals surface area contributed by atoms with Crippen LogP contribution in [-0.2, 0) is 6.54 Å². The molecule has 1 aromatic carbocycles. The van der Waals surface area contributed by atoms with E-state index in [2.05, 4.69) is 26.9 Å². The molecular formula is C23H19N7O2S. The van der Waals surface area contributed by atoms with Gasteiger partial charge in [-0.2, -0.15) is 5.10 Å². The maximum absolute atomic E-state index is 13.6. The number of benzene rings is 1. The first-order chi connectivity index (χ1) is 16.0. The minimum Gasteiger partial charge on any atom is -0.384 e. The van der Waals surface area contributed by atoms with E-state index in [9.17, 15) is 4.79 Å². The van der Waals surface area contributed by atoms with E-state index in [1.165, 1.54) is 17.7 Å². The third kappa shape index (κ3) is 3.44. The van der Waals surface area contributed by atoms with Gasteiger partial charge in [0.15, 0.2) is 5.65 Å². The summed E-state index contributed by atoms with van der Waals surface area (Å²) < 4.78 is 3.24. The lowest BCUT2D eigenvalue weighted by atomic mass is 10.2. The second-order valence-electron chi connectivity index (χ2n) is 7.48. The lowest BCUT2D eigenvalue weighted by molar-refractivity contribution is 0.350. The molecule has 164 valence electrons. The number of nitrogen functional groups attached to an aromatic ring is 1. The molecule has 5 aromatic rings. The van der Waals surface area contributed by atoms with E-state index in [0.717, 1.165) is 16.8 Å². The number of aromatic nitrogens is 6. The van der Waals surface area contributed by atoms with E-state index < -0.39 is 0 Å². The molecule has 0 saturated heterocycles. The summed E-state index contributed by atoms with van der Waals surface area (Å²) in [5, 5.41) is 16.7. The van der Waals surface area contributed by atoms with E-state index in [1.807, 2.05) is 43.5 Å². The van der Waals surface area contributed by atoms with Crippen molar-refractivity contribution in [2.75, 3.05) is 12.3 Å². The molecule has 0 aliphatic carbocycles. The second-order valence-corrected chi connectivity index (χ2v) is 8.34. The number of fused-ring (bicyclic) bond motifs is 2. The smallest absolute Gasteiger partial charge is 0.267 e. The molecular weight excluding hydrogens is 438 g/mol. The molecule has 4 aromatic heterocycles. The summed E-state index contributed by atoms with van der Waals surface area (Å²) >= 11 is 1.43. The molecule has 0 atom stereocenters. The van der Waals surface area contributed by atoms with Crippen LogP contribution < -0.4 is 11.3 Å². The molecule has 9 nitrogen and oxygen atoms in total. The lowest BCUT2D eigenvalue weighted by Crippen LogP contribution is -2.26. The van der Waals surface area contributed by atoms with Crippen LogP contribution >= 0.6 is 11.3 Å². The maximum Gasteiger partial charge on any atom is 0.267 e. The number of aryl methyl sites for hydroxylation is 2. The van der Waals surface area contributed by atoms with Crippen LogP contribution in [0.5, 0.6) is 0 Å². The molecule has 0 spiro atoms. The Labute approximate surface area is 192 Å². The highest BCUT2D eigenvalue weighted by molar-refractivity contribution is 7.16. The highest BCUT2D eigenvalue weighted by Crippen LogP contribution is 2.25. The number of nitrogens with zero attached hydrogens (tertiary/aromatic N) is 6. The number of rotatable bonds is 3. The van der Waals surface area contributed by atoms with Gasteiger partial charge in [-0.15, -0.1) is 11.3 Å². The number of para-hydroxylation sites is 1. The van der Waals surface area contributed by atoms with Crippen molar-refractivity contribution in [2.24, 2.45) is 0 Å². The molecule has 0 aliphatic heterocycles. The molecule has 10 heteroatoms. The fourth-order valence-electron chi connectivity index (χ4n) is 3.82. The second kappa shape index (κ2) is 8.12. The zero-order chi connectivity index (χ0) is 23.1. The predicted octanol–water partition coefficient (Wildman–Crippen LogP) is 2.18. The fraction of sp³-hybridized carbons (Fsp3) is 0.174. The SMILES string of the molecule is Cc1ccccc1-n1c(Cn2nc(C#CCO)c3c(N)ncnc32)nc2scc(C)c2c1=O. The largest absolute Gasteiger partial charge is 0.384 e. The molecule has 0 bridgehead atoms. The lowest BCUT2D eigenvalue weighted by Gasteiger charge is -2.15. The number of aliphatic hydroxyl groups excluding tert-OH is 1. The van der Waals surface area contributed by atoms with E-state index in [0.29, 0.717) is 32.8 Å². The topological polar surface area (TPSA) is 125 Å². The van der Waals surface area contributed by atoms with Gasteiger partial charge in [0.05, 0.1) is 16.5 Å². The van der Waals surface area contributed by atoms with Gasteiger partial charge in [-0.05, 0) is 42.3 Å². The van der Waals surface area contributed by atoms with Crippen molar-refractivity contribution >= 4 is 38.4 Å². The molecule has 3 N–H and O–H groups in total. The molecule has 0 unspecified atom stereocenters. The van der Waals surface area contributed by atoms with Crippen LogP contribution in [0.2, 0.25) is 0 Å². The van der Waals surface area contributed by atoms with E-state index in [4.69, 9.17) is 15.8 Å². The summed E-state index contributed by atoms with van der Waals surface area (Å²) in [4.78, 5) is 27.5. The first-order valence-electron chi connectivity index (χ1n) is 10.1. The van der Waals surface area contributed by atoms with Crippen LogP contribution in [-0.4, -0.2) is 41.0 Å². The normalized spacial score (nSPS) is 11.1. The van der Waals surface area contributed by atoms with Crippen molar-refractivity contribution in [1.29, 1.82) is 0 Å². The Hall–Kier alpha value is -4.07. The highest BCUT2D eigenvalue weighted by atomic mass is 32.1. The van der Waals surface area contributed by atoms with E-state index >= 15 is 0 Å². The average molecular weight is 458 g/mol. The van der Waals surface area contributed by atoms with Crippen molar-refractivity contribution in [2.45, 2.75) is 20.4 Å². The Morgan fingerprint density at radius 3 is 2.76 bits per heavy atom. The van der Waals surface area contributed by atoms with Crippen LogP contribution in [0.1, 0.15) is 22.6 Å². The van der Waals surface area contributed by atoms with Crippen LogP contribution in [0.15, 0.2) is 40.8 Å². The van der Waals surface area contributed by atoms with Crippen molar-refractivity contribution < 1.29 is 5.11 Å². The molecule has 4 heterocycles. The van der Waals surface area contributed by atoms with E-state index in [-0.39, 0.29) is 24.5 Å². The molecule has 0 amide bonds. The van der Waals surface area contributed by atoms with Gasteiger partial charge in [0, 0.05) is 0 Å². The minimum atomic E-state index is -0.315. The Morgan fingerprint density at radius 2 is 1.97 bits per heavy atom. The Bertz CT molecular complexity index is 1650. The Morgan fingerprint density at radius 1 is 1.15 bits per heavy atom. The monoisotopic (exact) mass is 457 g/mol. The van der Waals surface area contributed by atoms with Gasteiger partial charge in [-0.3, -0.25) is 9.36 Å². The first kappa shape index (κ1) is 20.8. The van der Waals surface area contributed by atoms with Gasteiger partial charge in [0.2, 0.25) is 0 Å². The van der Waals surface area contributed by atoms with Crippen molar-refractivity contribution in [1.82, 2.24) is 29.3 Å². The van der Waals surface area contributed by atoms with Gasteiger partial charge in [-0.25, -0.2) is 19.6 Å². The maximum atomic E-state index is 13.6. The molecule has 0 saturated carbocycles. The summed E-state index contributed by atoms with van der Waals surface area (Å²) in [7, 11) is 0. The number of anilines is 1. The minimum absolute atomic E-state index is 0.131. The van der Waals surface area contributed by atoms with Crippen LogP contribution in [0.4, 0.5) is 5.82 Å². The van der Waals surface area contributed by atoms with Gasteiger partial charge >= 0.3 is 0 Å². The summed E-state index contributed by atoms with van der Waals surface area (Å²) in [6.45, 7) is 3.71. The van der Waals surface area contributed by atoms with Crippen LogP contribution in [0, 0.1) is 25.7 Å². The van der Waals surface area contributed by atoms with Crippen LogP contribution in [0.3, 0.4) is 0 Å². The summed E-state index contributed by atoms with van der Waals surface area (Å²) in [5.41, 5.74) is 9.36. The molecule has 33 heavy (non-hydrogen) atoms. The summed E-state index contributed by atoms with van der Waals surface area (Å²) in [5.74, 6) is 6.14. The zero-order valence-corrected chi connectivity index (χ0v) is 18.7. The number of aliphatic hydroxyl groups is 1. The third-order valence-corrected chi connectivity index (χ3v) is 6.34. The number of hydrogen-bond donors (Lipinski definition) is 2. The van der Waals surface area contributed by atoms with Gasteiger partial charge in [0.25, 0.3) is 5.56 Å². The van der Waals surface area contributed by atoms with Gasteiger partial charge in [0.1, 0.15) is 41.6 Å². The standard InChI is InChI=1S/C23H19N7O2S/c1-13-6-3-4-8-16(13)30-17(27-22-18(23(30)32)14(2)11-33-22)10-29-21-19(20(24)25-12-26-21)15(28-29)7-5-9-31/h3-4,6,8,11-12,31H,9-10H2,1-2H3,(H2,24,25,26). The predicted molar refractivity (Wildman–Crippen MR) is 127 cm³/mol. The summed E-state index contributed by atoms with van der Waals surface area (Å²) in [6.07, 6.45) is 1.35. The molecule has 5 rings (SSSR count). The molecule has 0 fully saturated rings. The fourth-order valence-corrected chi connectivity index (χ4v) is 4.75. The van der Waals surface area contributed by atoms with Gasteiger partial charge < -0.3 is 10.8 Å². The van der Waals surface area contributed by atoms with Crippen LogP contribution in [0.25, 0.3) is 26.9 Å². The van der Waals surface area contributed by atoms with Crippen molar-refractivity contribution in [3.05, 3.63) is 69.0 Å². The van der Waals surface area contributed by atoms with Gasteiger partial charge in [-0.1, -0.05) is 24.1 Å². The zero-order valence-electron chi connectivity index (χ0n) is 17.9. The quantitative estimate of drug-likeness (QED) is 0.398. The number of nitrogens with two attached hydrogens (primary N) is 1. The number of hydrogen-bond acceptors (Lipinski definition) is 8. The third-order valence-electron chi connectivity index (χ3n) is 5.35. The average Bonchev–Trinajstić information content (AvgIpc) is 3.35. The van der Waals surface area contributed by atoms with E-state index in [1.54, 1.807) is 9.25 Å². The van der Waals surface area contributed by atoms with Crippen molar-refractivity contribution in [3.63, 3.8) is 0 Å². The Balaban J connectivity index is 1.78. The molecule has 0 radical (unpaired) electrons. The number of thiophene rings is 1. The molecule has 0 aliphatic rings. The highest BCUT2D eigenvalue weighted by Gasteiger charge is 2.20. The Kier molecular flexibility index (Phi) is 5.12. The van der Waals surface area contributed by atoms with Crippen molar-refractivity contribution in [3.8, 4) is 17.5 Å². The summed E-state index contributed by atoms with van der Waals surface area (Å²) in [6, 6.07) is 7.67. The first-order valence-corrected chi connectivity index (χ1v) is 11.0.